The first-order valence-electron chi connectivity index (χ1n) is 8.72. The number of halogens is 1. The quantitative estimate of drug-likeness (QED) is 0.783. The van der Waals surface area contributed by atoms with E-state index < -0.39 is 12.3 Å². The Kier molecular flexibility index (Phi) is 5.54. The molecular formula is C21H20FNO4. The highest BCUT2D eigenvalue weighted by Crippen LogP contribution is 2.29. The Hall–Kier alpha value is -3.15. The maximum Gasteiger partial charge on any atom is 0.332 e. The molecule has 1 atom stereocenters. The fourth-order valence-corrected chi connectivity index (χ4v) is 3.12. The van der Waals surface area contributed by atoms with E-state index >= 15 is 0 Å². The molecule has 3 rings (SSSR count). The number of alkyl halides is 1. The average Bonchev–Trinajstić information content (AvgIpc) is 3.12. The molecule has 0 aromatic heterocycles. The molecule has 27 heavy (non-hydrogen) atoms. The van der Waals surface area contributed by atoms with Crippen molar-refractivity contribution in [1.29, 1.82) is 0 Å². The van der Waals surface area contributed by atoms with Gasteiger partial charge in [-0.05, 0) is 54.7 Å². The molecule has 0 heterocycles. The van der Waals surface area contributed by atoms with Crippen LogP contribution in [0.4, 0.5) is 10.1 Å². The lowest BCUT2D eigenvalue weighted by Gasteiger charge is -2.10. The van der Waals surface area contributed by atoms with Crippen LogP contribution in [-0.4, -0.2) is 23.3 Å². The fraction of sp³-hybridized carbons (Fsp3) is 0.238. The highest BCUT2D eigenvalue weighted by atomic mass is 19.1. The van der Waals surface area contributed by atoms with Crippen LogP contribution < -0.4 is 10.1 Å². The molecule has 2 aromatic carbocycles. The molecule has 0 aliphatic heterocycles. The number of ether oxygens (including phenoxy) is 1. The Balaban J connectivity index is 1.73. The number of carbonyl (C=O) groups excluding carboxylic acids is 1. The second-order valence-corrected chi connectivity index (χ2v) is 6.34. The van der Waals surface area contributed by atoms with Crippen LogP contribution in [0.3, 0.4) is 0 Å². The third-order valence-corrected chi connectivity index (χ3v) is 4.36. The van der Waals surface area contributed by atoms with Gasteiger partial charge in [-0.25, -0.2) is 9.18 Å². The summed E-state index contributed by atoms with van der Waals surface area (Å²) in [5, 5.41) is 11.9. The van der Waals surface area contributed by atoms with E-state index in [9.17, 15) is 14.0 Å². The Morgan fingerprint density at radius 2 is 1.78 bits per heavy atom. The van der Waals surface area contributed by atoms with Crippen LogP contribution in [0.25, 0.3) is 11.1 Å². The minimum atomic E-state index is -1.39. The number of benzene rings is 2. The van der Waals surface area contributed by atoms with Crippen molar-refractivity contribution >= 4 is 17.6 Å². The molecular weight excluding hydrogens is 349 g/mol. The SMILES string of the molecule is CC(F)Oc1cccc(-c2ccc(NC(=O)C3=C(C(=O)O)CCC3)cc2)c1. The molecule has 1 aliphatic rings. The molecule has 140 valence electrons. The van der Waals surface area contributed by atoms with Crippen molar-refractivity contribution in [3.8, 4) is 16.9 Å². The lowest BCUT2D eigenvalue weighted by Crippen LogP contribution is -2.16. The van der Waals surface area contributed by atoms with E-state index in [1.54, 1.807) is 30.3 Å². The summed E-state index contributed by atoms with van der Waals surface area (Å²) in [5.74, 6) is -0.961. The number of carboxylic acid groups (broad SMARTS) is 1. The number of aliphatic carboxylic acids is 1. The van der Waals surface area contributed by atoms with E-state index in [1.807, 2.05) is 18.2 Å². The first kappa shape index (κ1) is 18.6. The van der Waals surface area contributed by atoms with Crippen molar-refractivity contribution in [3.05, 3.63) is 59.7 Å². The van der Waals surface area contributed by atoms with Gasteiger partial charge in [0.2, 0.25) is 6.36 Å². The first-order chi connectivity index (χ1) is 12.9. The van der Waals surface area contributed by atoms with Crippen LogP contribution in [-0.2, 0) is 9.59 Å². The Morgan fingerprint density at radius 3 is 2.44 bits per heavy atom. The molecule has 6 heteroatoms. The van der Waals surface area contributed by atoms with Crippen LogP contribution in [0.2, 0.25) is 0 Å². The molecule has 0 radical (unpaired) electrons. The summed E-state index contributed by atoms with van der Waals surface area (Å²) in [5.41, 5.74) is 2.87. The first-order valence-corrected chi connectivity index (χ1v) is 8.72. The van der Waals surface area contributed by atoms with Crippen LogP contribution >= 0.6 is 0 Å². The normalized spacial score (nSPS) is 14.7. The summed E-state index contributed by atoms with van der Waals surface area (Å²) < 4.78 is 18.1. The molecule has 5 nitrogen and oxygen atoms in total. The zero-order valence-corrected chi connectivity index (χ0v) is 14.9. The lowest BCUT2D eigenvalue weighted by atomic mass is 10.0. The van der Waals surface area contributed by atoms with E-state index in [-0.39, 0.29) is 11.5 Å². The van der Waals surface area contributed by atoms with Crippen LogP contribution in [0.5, 0.6) is 5.75 Å². The minimum Gasteiger partial charge on any atom is -0.478 e. The van der Waals surface area contributed by atoms with Crippen LogP contribution in [0, 0.1) is 0 Å². The van der Waals surface area contributed by atoms with Crippen molar-refractivity contribution in [2.24, 2.45) is 0 Å². The summed E-state index contributed by atoms with van der Waals surface area (Å²) in [7, 11) is 0. The zero-order chi connectivity index (χ0) is 19.4. The van der Waals surface area contributed by atoms with E-state index in [2.05, 4.69) is 5.32 Å². The summed E-state index contributed by atoms with van der Waals surface area (Å²) >= 11 is 0. The van der Waals surface area contributed by atoms with E-state index in [0.29, 0.717) is 36.3 Å². The van der Waals surface area contributed by atoms with Gasteiger partial charge < -0.3 is 15.2 Å². The van der Waals surface area contributed by atoms with Crippen molar-refractivity contribution in [1.82, 2.24) is 0 Å². The third-order valence-electron chi connectivity index (χ3n) is 4.36. The van der Waals surface area contributed by atoms with Crippen molar-refractivity contribution in [3.63, 3.8) is 0 Å². The van der Waals surface area contributed by atoms with Gasteiger partial charge in [-0.1, -0.05) is 24.3 Å². The van der Waals surface area contributed by atoms with Crippen molar-refractivity contribution in [2.45, 2.75) is 32.5 Å². The second-order valence-electron chi connectivity index (χ2n) is 6.34. The molecule has 0 bridgehead atoms. The number of rotatable bonds is 6. The van der Waals surface area contributed by atoms with E-state index in [0.717, 1.165) is 11.1 Å². The molecule has 1 amide bonds. The molecule has 0 saturated carbocycles. The molecule has 2 N–H and O–H groups in total. The van der Waals surface area contributed by atoms with Gasteiger partial charge in [0.25, 0.3) is 5.91 Å². The number of anilines is 1. The average molecular weight is 369 g/mol. The van der Waals surface area contributed by atoms with Crippen molar-refractivity contribution < 1.29 is 23.8 Å². The molecule has 0 spiro atoms. The highest BCUT2D eigenvalue weighted by molar-refractivity contribution is 6.09. The Bertz CT molecular complexity index is 887. The number of hydrogen-bond acceptors (Lipinski definition) is 3. The van der Waals surface area contributed by atoms with Crippen LogP contribution in [0.15, 0.2) is 59.7 Å². The zero-order valence-electron chi connectivity index (χ0n) is 14.9. The molecule has 1 aliphatic carbocycles. The fourth-order valence-electron chi connectivity index (χ4n) is 3.12. The summed E-state index contributed by atoms with van der Waals surface area (Å²) in [6.45, 7) is 1.32. The smallest absolute Gasteiger partial charge is 0.332 e. The maximum absolute atomic E-state index is 13.0. The van der Waals surface area contributed by atoms with Crippen molar-refractivity contribution in [2.75, 3.05) is 5.32 Å². The number of carboxylic acids is 1. The summed E-state index contributed by atoms with van der Waals surface area (Å²) in [6.07, 6.45) is 0.191. The predicted molar refractivity (Wildman–Crippen MR) is 100 cm³/mol. The third kappa shape index (κ3) is 4.53. The van der Waals surface area contributed by atoms with Gasteiger partial charge in [-0.15, -0.1) is 0 Å². The van der Waals surface area contributed by atoms with Gasteiger partial charge in [-0.3, -0.25) is 4.79 Å². The van der Waals surface area contributed by atoms with Gasteiger partial charge in [0.1, 0.15) is 5.75 Å². The van der Waals surface area contributed by atoms with E-state index in [4.69, 9.17) is 9.84 Å². The lowest BCUT2D eigenvalue weighted by molar-refractivity contribution is -0.133. The largest absolute Gasteiger partial charge is 0.478 e. The van der Waals surface area contributed by atoms with Gasteiger partial charge in [-0.2, -0.15) is 0 Å². The monoisotopic (exact) mass is 369 g/mol. The number of nitrogens with one attached hydrogen (secondary N) is 1. The van der Waals surface area contributed by atoms with Crippen LogP contribution in [0.1, 0.15) is 26.2 Å². The molecule has 0 fully saturated rings. The van der Waals surface area contributed by atoms with Gasteiger partial charge >= 0.3 is 5.97 Å². The minimum absolute atomic E-state index is 0.197. The van der Waals surface area contributed by atoms with Gasteiger partial charge in [0.05, 0.1) is 0 Å². The van der Waals surface area contributed by atoms with E-state index in [1.165, 1.54) is 6.92 Å². The molecule has 1 unspecified atom stereocenters. The Labute approximate surface area is 156 Å². The number of carbonyl (C=O) groups is 2. The number of amides is 1. The summed E-state index contributed by atoms with van der Waals surface area (Å²) in [6, 6.07) is 14.2. The Morgan fingerprint density at radius 1 is 1.07 bits per heavy atom. The highest BCUT2D eigenvalue weighted by Gasteiger charge is 2.25. The topological polar surface area (TPSA) is 75.6 Å². The second kappa shape index (κ2) is 8.03. The maximum atomic E-state index is 13.0. The predicted octanol–water partition coefficient (Wildman–Crippen LogP) is 4.55. The van der Waals surface area contributed by atoms with Gasteiger partial charge in [0, 0.05) is 23.8 Å². The number of hydrogen-bond donors (Lipinski definition) is 2. The van der Waals surface area contributed by atoms with Gasteiger partial charge in [0.15, 0.2) is 0 Å². The molecule has 2 aromatic rings. The molecule has 0 saturated heterocycles. The summed E-state index contributed by atoms with van der Waals surface area (Å²) in [4.78, 5) is 23.5. The standard InChI is InChI=1S/C21H20FNO4/c1-13(22)27-17-5-2-4-15(12-17)14-8-10-16(11-9-14)23-20(24)18-6-3-7-19(18)21(25)26/h2,4-5,8-13H,3,6-7H2,1H3,(H,23,24)(H,25,26).